The van der Waals surface area contributed by atoms with Crippen LogP contribution in [0.25, 0.3) is 0 Å². The van der Waals surface area contributed by atoms with Gasteiger partial charge in [-0.2, -0.15) is 0 Å². The van der Waals surface area contributed by atoms with Gasteiger partial charge in [0.25, 0.3) is 0 Å². The molecule has 2 aromatic carbocycles. The lowest BCUT2D eigenvalue weighted by Gasteiger charge is -2.18. The van der Waals surface area contributed by atoms with Crippen LogP contribution in [0.4, 0.5) is 5.69 Å². The molecule has 4 nitrogen and oxygen atoms in total. The van der Waals surface area contributed by atoms with Crippen molar-refractivity contribution in [2.24, 2.45) is 0 Å². The molecule has 2 amide bonds. The van der Waals surface area contributed by atoms with Crippen molar-refractivity contribution >= 4 is 17.5 Å². The molecule has 2 fully saturated rings. The molecule has 2 aliphatic rings. The third-order valence-corrected chi connectivity index (χ3v) is 5.49. The third kappa shape index (κ3) is 3.50. The van der Waals surface area contributed by atoms with Gasteiger partial charge >= 0.3 is 0 Å². The summed E-state index contributed by atoms with van der Waals surface area (Å²) in [5.74, 6) is 0.829. The first-order valence-electron chi connectivity index (χ1n) is 9.43. The Balaban J connectivity index is 1.35. The Morgan fingerprint density at radius 3 is 2.46 bits per heavy atom. The van der Waals surface area contributed by atoms with E-state index in [1.165, 1.54) is 5.56 Å². The smallest absolute Gasteiger partial charge is 0.227 e. The fourth-order valence-corrected chi connectivity index (χ4v) is 3.99. The van der Waals surface area contributed by atoms with Crippen LogP contribution in [0, 0.1) is 0 Å². The van der Waals surface area contributed by atoms with Gasteiger partial charge in [0.15, 0.2) is 0 Å². The van der Waals surface area contributed by atoms with Gasteiger partial charge in [-0.25, -0.2) is 0 Å². The van der Waals surface area contributed by atoms with Crippen LogP contribution in [0.2, 0.25) is 0 Å². The van der Waals surface area contributed by atoms with Crippen molar-refractivity contribution in [3.63, 3.8) is 0 Å². The molecule has 0 aromatic heterocycles. The highest BCUT2D eigenvalue weighted by Crippen LogP contribution is 2.27. The number of benzene rings is 2. The molecule has 2 aliphatic heterocycles. The molecule has 2 saturated heterocycles. The van der Waals surface area contributed by atoms with E-state index in [2.05, 4.69) is 24.3 Å². The number of nitrogens with zero attached hydrogens (tertiary/aromatic N) is 2. The van der Waals surface area contributed by atoms with Crippen LogP contribution in [0.1, 0.15) is 36.3 Å². The van der Waals surface area contributed by atoms with Gasteiger partial charge in [-0.3, -0.25) is 9.59 Å². The predicted octanol–water partition coefficient (Wildman–Crippen LogP) is 3.37. The van der Waals surface area contributed by atoms with E-state index in [9.17, 15) is 9.59 Å². The van der Waals surface area contributed by atoms with Gasteiger partial charge in [-0.15, -0.1) is 0 Å². The fourth-order valence-electron chi connectivity index (χ4n) is 3.99. The van der Waals surface area contributed by atoms with Crippen molar-refractivity contribution in [3.05, 3.63) is 65.7 Å². The summed E-state index contributed by atoms with van der Waals surface area (Å²) in [5.41, 5.74) is 3.27. The summed E-state index contributed by atoms with van der Waals surface area (Å²) in [6.07, 6.45) is 3.02. The van der Waals surface area contributed by atoms with Crippen LogP contribution in [0.15, 0.2) is 54.6 Å². The summed E-state index contributed by atoms with van der Waals surface area (Å²) in [6.45, 7) is 2.44. The summed E-state index contributed by atoms with van der Waals surface area (Å²) >= 11 is 0. The second-order valence-corrected chi connectivity index (χ2v) is 7.23. The Hall–Kier alpha value is -2.62. The number of carbonyl (C=O) groups excluding carboxylic acids is 2. The molecule has 26 heavy (non-hydrogen) atoms. The van der Waals surface area contributed by atoms with Crippen molar-refractivity contribution in [1.29, 1.82) is 0 Å². The number of carbonyl (C=O) groups is 2. The van der Waals surface area contributed by atoms with Gasteiger partial charge in [-0.05, 0) is 36.1 Å². The average Bonchev–Trinajstić information content (AvgIpc) is 3.32. The van der Waals surface area contributed by atoms with E-state index in [0.29, 0.717) is 18.8 Å². The first-order chi connectivity index (χ1) is 12.7. The molecule has 0 bridgehead atoms. The van der Waals surface area contributed by atoms with E-state index < -0.39 is 0 Å². The second kappa shape index (κ2) is 7.32. The Morgan fingerprint density at radius 2 is 1.77 bits per heavy atom. The lowest BCUT2D eigenvalue weighted by molar-refractivity contribution is -0.129. The maximum absolute atomic E-state index is 12.6. The molecule has 1 atom stereocenters. The van der Waals surface area contributed by atoms with Crippen molar-refractivity contribution in [1.82, 2.24) is 4.90 Å². The van der Waals surface area contributed by atoms with E-state index in [-0.39, 0.29) is 11.8 Å². The van der Waals surface area contributed by atoms with E-state index in [0.717, 1.165) is 43.7 Å². The summed E-state index contributed by atoms with van der Waals surface area (Å²) in [7, 11) is 0. The zero-order valence-electron chi connectivity index (χ0n) is 14.9. The zero-order chi connectivity index (χ0) is 17.9. The monoisotopic (exact) mass is 348 g/mol. The van der Waals surface area contributed by atoms with Gasteiger partial charge in [-0.1, -0.05) is 42.5 Å². The number of rotatable bonds is 4. The van der Waals surface area contributed by atoms with Crippen molar-refractivity contribution in [2.45, 2.75) is 31.6 Å². The van der Waals surface area contributed by atoms with E-state index in [1.54, 1.807) is 0 Å². The first kappa shape index (κ1) is 16.8. The van der Waals surface area contributed by atoms with Crippen LogP contribution in [-0.2, 0) is 16.0 Å². The van der Waals surface area contributed by atoms with Gasteiger partial charge in [0.05, 0.1) is 6.42 Å². The molecule has 4 heteroatoms. The van der Waals surface area contributed by atoms with Crippen molar-refractivity contribution in [3.8, 4) is 0 Å². The van der Waals surface area contributed by atoms with Crippen LogP contribution >= 0.6 is 0 Å². The molecular weight excluding hydrogens is 324 g/mol. The van der Waals surface area contributed by atoms with E-state index in [4.69, 9.17) is 0 Å². The molecule has 4 rings (SSSR count). The summed E-state index contributed by atoms with van der Waals surface area (Å²) in [5, 5.41) is 0. The molecule has 0 aliphatic carbocycles. The average molecular weight is 348 g/mol. The second-order valence-electron chi connectivity index (χ2n) is 7.23. The largest absolute Gasteiger partial charge is 0.342 e. The normalized spacial score (nSPS) is 20.0. The molecule has 0 N–H and O–H groups in total. The minimum atomic E-state index is 0.188. The van der Waals surface area contributed by atoms with Gasteiger partial charge in [0, 0.05) is 37.7 Å². The highest BCUT2D eigenvalue weighted by atomic mass is 16.2. The van der Waals surface area contributed by atoms with Crippen LogP contribution in [0.5, 0.6) is 0 Å². The highest BCUT2D eigenvalue weighted by Gasteiger charge is 2.27. The molecule has 0 saturated carbocycles. The molecule has 2 aromatic rings. The van der Waals surface area contributed by atoms with Gasteiger partial charge in [0.2, 0.25) is 11.8 Å². The molecular formula is C22H24N2O2. The minimum absolute atomic E-state index is 0.188. The van der Waals surface area contributed by atoms with E-state index >= 15 is 0 Å². The standard InChI is InChI=1S/C22H24N2O2/c25-21-7-4-13-24(21)20-10-8-17(9-11-20)15-22(26)23-14-12-19(16-23)18-5-2-1-3-6-18/h1-3,5-6,8-11,19H,4,7,12-16H2/t19-/m0/s1. The quantitative estimate of drug-likeness (QED) is 0.850. The Labute approximate surface area is 154 Å². The van der Waals surface area contributed by atoms with Gasteiger partial charge in [0.1, 0.15) is 0 Å². The SMILES string of the molecule is O=C(Cc1ccc(N2CCCC2=O)cc1)N1CC[C@H](c2ccccc2)C1. The van der Waals surface area contributed by atoms with Crippen LogP contribution in [0.3, 0.4) is 0 Å². The highest BCUT2D eigenvalue weighted by molar-refractivity contribution is 5.95. The summed E-state index contributed by atoms with van der Waals surface area (Å²) in [4.78, 5) is 28.3. The Morgan fingerprint density at radius 1 is 1.00 bits per heavy atom. The third-order valence-electron chi connectivity index (χ3n) is 5.49. The Bertz CT molecular complexity index is 786. The lowest BCUT2D eigenvalue weighted by Crippen LogP contribution is -2.30. The van der Waals surface area contributed by atoms with Crippen LogP contribution < -0.4 is 4.90 Å². The number of amides is 2. The lowest BCUT2D eigenvalue weighted by atomic mass is 9.99. The first-order valence-corrected chi connectivity index (χ1v) is 9.43. The van der Waals surface area contributed by atoms with E-state index in [1.807, 2.05) is 40.1 Å². The Kier molecular flexibility index (Phi) is 4.74. The molecule has 0 unspecified atom stereocenters. The molecule has 0 radical (unpaired) electrons. The molecule has 2 heterocycles. The zero-order valence-corrected chi connectivity index (χ0v) is 14.9. The maximum Gasteiger partial charge on any atom is 0.227 e. The number of likely N-dealkylation sites (tertiary alicyclic amines) is 1. The predicted molar refractivity (Wildman–Crippen MR) is 102 cm³/mol. The number of anilines is 1. The number of hydrogen-bond acceptors (Lipinski definition) is 2. The maximum atomic E-state index is 12.6. The molecule has 0 spiro atoms. The fraction of sp³-hybridized carbons (Fsp3) is 0.364. The van der Waals surface area contributed by atoms with Crippen molar-refractivity contribution < 1.29 is 9.59 Å². The van der Waals surface area contributed by atoms with Crippen molar-refractivity contribution in [2.75, 3.05) is 24.5 Å². The summed E-state index contributed by atoms with van der Waals surface area (Å²) in [6, 6.07) is 18.3. The summed E-state index contributed by atoms with van der Waals surface area (Å²) < 4.78 is 0. The molecule has 134 valence electrons. The minimum Gasteiger partial charge on any atom is -0.342 e. The topological polar surface area (TPSA) is 40.6 Å². The van der Waals surface area contributed by atoms with Gasteiger partial charge < -0.3 is 9.80 Å². The van der Waals surface area contributed by atoms with Crippen LogP contribution in [-0.4, -0.2) is 36.3 Å². The number of hydrogen-bond donors (Lipinski definition) is 0.